The number of amides is 1. The van der Waals surface area contributed by atoms with E-state index in [0.717, 1.165) is 35.9 Å². The number of unbranched alkanes of at least 4 members (excludes halogenated alkanes) is 1. The number of rotatable bonds is 7. The van der Waals surface area contributed by atoms with E-state index in [4.69, 9.17) is 11.6 Å². The van der Waals surface area contributed by atoms with Crippen LogP contribution in [-0.4, -0.2) is 17.4 Å². The Morgan fingerprint density at radius 2 is 2.29 bits per heavy atom. The molecule has 0 bridgehead atoms. The number of aromatic nitrogens is 1. The monoisotopic (exact) mass is 323 g/mol. The Kier molecular flexibility index (Phi) is 6.02. The van der Waals surface area contributed by atoms with Crippen molar-refractivity contribution in [3.63, 3.8) is 0 Å². The lowest BCUT2D eigenvalue weighted by molar-refractivity contribution is -0.120. The van der Waals surface area contributed by atoms with Gasteiger partial charge in [-0.3, -0.25) is 4.79 Å². The van der Waals surface area contributed by atoms with Gasteiger partial charge in [0, 0.05) is 22.6 Å². The first-order valence-electron chi connectivity index (χ1n) is 6.91. The molecule has 2 rings (SSSR count). The minimum absolute atomic E-state index is 0.0167. The number of carbonyl (C=O) groups is 1. The Labute approximate surface area is 133 Å². The molecule has 0 atom stereocenters. The predicted octanol–water partition coefficient (Wildman–Crippen LogP) is 4.00. The smallest absolute Gasteiger partial charge is 0.226 e. The van der Waals surface area contributed by atoms with E-state index < -0.39 is 0 Å². The van der Waals surface area contributed by atoms with Crippen molar-refractivity contribution in [1.29, 1.82) is 0 Å². The van der Waals surface area contributed by atoms with Gasteiger partial charge >= 0.3 is 0 Å². The van der Waals surface area contributed by atoms with E-state index >= 15 is 0 Å². The topological polar surface area (TPSA) is 54.0 Å². The quantitative estimate of drug-likeness (QED) is 0.757. The predicted molar refractivity (Wildman–Crippen MR) is 88.5 cm³/mol. The molecule has 0 spiro atoms. The summed E-state index contributed by atoms with van der Waals surface area (Å²) >= 11 is 7.41. The molecule has 0 fully saturated rings. The molecule has 0 aliphatic heterocycles. The second-order valence-electron chi connectivity index (χ2n) is 4.66. The first-order chi connectivity index (χ1) is 10.2. The highest BCUT2D eigenvalue weighted by Crippen LogP contribution is 2.23. The Bertz CT molecular complexity index is 600. The van der Waals surface area contributed by atoms with Gasteiger partial charge in [-0.1, -0.05) is 31.0 Å². The number of nitrogens with zero attached hydrogens (tertiary/aromatic N) is 1. The molecule has 0 aliphatic rings. The minimum Gasteiger partial charge on any atom is -0.356 e. The van der Waals surface area contributed by atoms with Gasteiger partial charge < -0.3 is 10.6 Å². The van der Waals surface area contributed by atoms with Gasteiger partial charge in [0.25, 0.3) is 0 Å². The molecule has 0 aliphatic carbocycles. The summed E-state index contributed by atoms with van der Waals surface area (Å²) in [5.41, 5.74) is 1.66. The molecule has 1 aromatic carbocycles. The molecule has 1 amide bonds. The number of nitrogens with one attached hydrogen (secondary N) is 2. The molecule has 2 aromatic rings. The molecule has 6 heteroatoms. The Morgan fingerprint density at radius 1 is 1.43 bits per heavy atom. The maximum absolute atomic E-state index is 11.7. The van der Waals surface area contributed by atoms with Crippen molar-refractivity contribution in [2.45, 2.75) is 26.2 Å². The fraction of sp³-hybridized carbons (Fsp3) is 0.333. The Balaban J connectivity index is 1.88. The number of hydrogen-bond acceptors (Lipinski definition) is 4. The Morgan fingerprint density at radius 3 is 3.05 bits per heavy atom. The molecule has 1 heterocycles. The van der Waals surface area contributed by atoms with Crippen molar-refractivity contribution in [2.24, 2.45) is 0 Å². The average Bonchev–Trinajstić information content (AvgIpc) is 2.86. The third-order valence-electron chi connectivity index (χ3n) is 2.82. The first-order valence-corrected chi connectivity index (χ1v) is 8.17. The van der Waals surface area contributed by atoms with Crippen LogP contribution in [0.1, 0.15) is 25.5 Å². The number of anilines is 2. The van der Waals surface area contributed by atoms with E-state index in [1.807, 2.05) is 29.6 Å². The minimum atomic E-state index is 0.0167. The summed E-state index contributed by atoms with van der Waals surface area (Å²) < 4.78 is 0. The largest absolute Gasteiger partial charge is 0.356 e. The van der Waals surface area contributed by atoms with Crippen LogP contribution < -0.4 is 10.6 Å². The van der Waals surface area contributed by atoms with Gasteiger partial charge in [-0.15, -0.1) is 11.3 Å². The SMILES string of the molecule is CCCCNC(=O)Cc1csc(Nc2cccc(Cl)c2)n1. The van der Waals surface area contributed by atoms with Gasteiger partial charge in [0.2, 0.25) is 5.91 Å². The van der Waals surface area contributed by atoms with E-state index in [1.165, 1.54) is 11.3 Å². The lowest BCUT2D eigenvalue weighted by Gasteiger charge is -2.03. The van der Waals surface area contributed by atoms with Gasteiger partial charge in [0.15, 0.2) is 5.13 Å². The fourth-order valence-corrected chi connectivity index (χ4v) is 2.69. The number of halogens is 1. The van der Waals surface area contributed by atoms with Gasteiger partial charge in [-0.25, -0.2) is 4.98 Å². The van der Waals surface area contributed by atoms with Crippen LogP contribution in [0.25, 0.3) is 0 Å². The molecule has 0 saturated carbocycles. The molecule has 112 valence electrons. The lowest BCUT2D eigenvalue weighted by Crippen LogP contribution is -2.26. The van der Waals surface area contributed by atoms with Crippen molar-refractivity contribution >= 4 is 39.7 Å². The molecule has 2 N–H and O–H groups in total. The van der Waals surface area contributed by atoms with Crippen molar-refractivity contribution in [2.75, 3.05) is 11.9 Å². The zero-order chi connectivity index (χ0) is 15.1. The van der Waals surface area contributed by atoms with Crippen LogP contribution in [-0.2, 0) is 11.2 Å². The summed E-state index contributed by atoms with van der Waals surface area (Å²) in [6, 6.07) is 7.45. The molecule has 4 nitrogen and oxygen atoms in total. The zero-order valence-electron chi connectivity index (χ0n) is 11.9. The van der Waals surface area contributed by atoms with E-state index in [1.54, 1.807) is 0 Å². The second-order valence-corrected chi connectivity index (χ2v) is 5.95. The number of benzene rings is 1. The number of carbonyl (C=O) groups excluding carboxylic acids is 1. The van der Waals surface area contributed by atoms with Crippen LogP contribution in [0.4, 0.5) is 10.8 Å². The van der Waals surface area contributed by atoms with Crippen LogP contribution in [0.15, 0.2) is 29.6 Å². The summed E-state index contributed by atoms with van der Waals surface area (Å²) in [6.45, 7) is 2.83. The van der Waals surface area contributed by atoms with Crippen LogP contribution >= 0.6 is 22.9 Å². The van der Waals surface area contributed by atoms with Crippen molar-refractivity contribution < 1.29 is 4.79 Å². The van der Waals surface area contributed by atoms with Crippen LogP contribution in [0.5, 0.6) is 0 Å². The maximum Gasteiger partial charge on any atom is 0.226 e. The molecular weight excluding hydrogens is 306 g/mol. The van der Waals surface area contributed by atoms with Crippen LogP contribution in [0.2, 0.25) is 5.02 Å². The molecular formula is C15H18ClN3OS. The fourth-order valence-electron chi connectivity index (χ4n) is 1.77. The lowest BCUT2D eigenvalue weighted by atomic mass is 10.3. The third-order valence-corrected chi connectivity index (χ3v) is 3.86. The summed E-state index contributed by atoms with van der Waals surface area (Å²) in [5.74, 6) is 0.0167. The molecule has 0 saturated heterocycles. The molecule has 21 heavy (non-hydrogen) atoms. The van der Waals surface area contributed by atoms with Crippen molar-refractivity contribution in [1.82, 2.24) is 10.3 Å². The summed E-state index contributed by atoms with van der Waals surface area (Å²) in [5, 5.41) is 9.39. The molecule has 0 radical (unpaired) electrons. The second kappa shape index (κ2) is 8.00. The summed E-state index contributed by atoms with van der Waals surface area (Å²) in [4.78, 5) is 16.1. The van der Waals surface area contributed by atoms with Crippen molar-refractivity contribution in [3.8, 4) is 0 Å². The van der Waals surface area contributed by atoms with Gasteiger partial charge in [0.05, 0.1) is 12.1 Å². The highest BCUT2D eigenvalue weighted by Gasteiger charge is 2.07. The highest BCUT2D eigenvalue weighted by atomic mass is 35.5. The van der Waals surface area contributed by atoms with E-state index in [-0.39, 0.29) is 5.91 Å². The van der Waals surface area contributed by atoms with Gasteiger partial charge in [-0.05, 0) is 24.6 Å². The third kappa shape index (κ3) is 5.36. The highest BCUT2D eigenvalue weighted by molar-refractivity contribution is 7.13. The maximum atomic E-state index is 11.7. The summed E-state index contributed by atoms with van der Waals surface area (Å²) in [7, 11) is 0. The first kappa shape index (κ1) is 15.8. The van der Waals surface area contributed by atoms with Crippen molar-refractivity contribution in [3.05, 3.63) is 40.4 Å². The van der Waals surface area contributed by atoms with Gasteiger partial charge in [0.1, 0.15) is 0 Å². The zero-order valence-corrected chi connectivity index (χ0v) is 13.4. The van der Waals surface area contributed by atoms with E-state index in [9.17, 15) is 4.79 Å². The number of hydrogen-bond donors (Lipinski definition) is 2. The van der Waals surface area contributed by atoms with E-state index in [2.05, 4.69) is 22.5 Å². The molecule has 1 aromatic heterocycles. The summed E-state index contributed by atoms with van der Waals surface area (Å²) in [6.07, 6.45) is 2.40. The number of thiazole rings is 1. The molecule has 0 unspecified atom stereocenters. The Hall–Kier alpha value is -1.59. The van der Waals surface area contributed by atoms with Crippen LogP contribution in [0, 0.1) is 0 Å². The van der Waals surface area contributed by atoms with Crippen LogP contribution in [0.3, 0.4) is 0 Å². The standard InChI is InChI=1S/C15H18ClN3OS/c1-2-3-7-17-14(20)9-13-10-21-15(19-13)18-12-6-4-5-11(16)8-12/h4-6,8,10H,2-3,7,9H2,1H3,(H,17,20)(H,18,19). The normalized spacial score (nSPS) is 10.4. The average molecular weight is 324 g/mol. The van der Waals surface area contributed by atoms with E-state index in [0.29, 0.717) is 11.4 Å². The van der Waals surface area contributed by atoms with Gasteiger partial charge in [-0.2, -0.15) is 0 Å².